The second-order valence-electron chi connectivity index (χ2n) is 5.77. The zero-order chi connectivity index (χ0) is 13.2. The average Bonchev–Trinajstić information content (AvgIpc) is 2.79. The van der Waals surface area contributed by atoms with Crippen LogP contribution in [0.2, 0.25) is 0 Å². The van der Waals surface area contributed by atoms with Crippen molar-refractivity contribution in [2.45, 2.75) is 45.1 Å². The fraction of sp³-hybridized carbons (Fsp3) is 0.750. The van der Waals surface area contributed by atoms with Crippen molar-refractivity contribution in [2.24, 2.45) is 0 Å². The molecule has 6 nitrogen and oxygen atoms in total. The Hall–Kier alpha value is -1.43. The molecule has 0 radical (unpaired) electrons. The van der Waals surface area contributed by atoms with Crippen LogP contribution in [0.25, 0.3) is 0 Å². The van der Waals surface area contributed by atoms with Crippen molar-refractivity contribution in [1.29, 1.82) is 0 Å². The third-order valence-electron chi connectivity index (χ3n) is 3.03. The number of nitrogens with zero attached hydrogens (tertiary/aromatic N) is 2. The molecule has 0 saturated carbocycles. The first-order chi connectivity index (χ1) is 8.47. The van der Waals surface area contributed by atoms with Gasteiger partial charge >= 0.3 is 0 Å². The molecule has 18 heavy (non-hydrogen) atoms. The molecule has 2 rings (SSSR count). The molecule has 0 aliphatic carbocycles. The van der Waals surface area contributed by atoms with Crippen LogP contribution in [0.4, 0.5) is 0 Å². The molecule has 3 N–H and O–H groups in total. The maximum absolute atomic E-state index is 12.0. The summed E-state index contributed by atoms with van der Waals surface area (Å²) in [6, 6.07) is 0.183. The molecule has 1 amide bonds. The molecule has 100 valence electrons. The highest BCUT2D eigenvalue weighted by Crippen LogP contribution is 2.17. The normalized spacial score (nSPS) is 20.7. The monoisotopic (exact) mass is 251 g/mol. The number of piperidine rings is 1. The SMILES string of the molecule is CC(C)(C)c1nc(C(=O)N[C@H]2CCCNC2)n[nH]1. The number of hydrogen-bond acceptors (Lipinski definition) is 4. The second-order valence-corrected chi connectivity index (χ2v) is 5.77. The van der Waals surface area contributed by atoms with Crippen molar-refractivity contribution < 1.29 is 4.79 Å². The lowest BCUT2D eigenvalue weighted by Crippen LogP contribution is -2.45. The Labute approximate surface area is 107 Å². The molecule has 1 fully saturated rings. The highest BCUT2D eigenvalue weighted by molar-refractivity contribution is 5.90. The van der Waals surface area contributed by atoms with E-state index in [0.29, 0.717) is 0 Å². The summed E-state index contributed by atoms with van der Waals surface area (Å²) in [5.74, 6) is 0.760. The fourth-order valence-electron chi connectivity index (χ4n) is 1.92. The van der Waals surface area contributed by atoms with Crippen molar-refractivity contribution in [3.8, 4) is 0 Å². The van der Waals surface area contributed by atoms with Crippen LogP contribution in [-0.2, 0) is 5.41 Å². The summed E-state index contributed by atoms with van der Waals surface area (Å²) in [5.41, 5.74) is -0.127. The van der Waals surface area contributed by atoms with E-state index in [-0.39, 0.29) is 23.2 Å². The molecule has 1 aromatic heterocycles. The number of aromatic nitrogens is 3. The molecule has 1 aromatic rings. The van der Waals surface area contributed by atoms with Gasteiger partial charge in [0.15, 0.2) is 0 Å². The van der Waals surface area contributed by atoms with Crippen LogP contribution in [0, 0.1) is 0 Å². The molecule has 0 spiro atoms. The van der Waals surface area contributed by atoms with E-state index >= 15 is 0 Å². The predicted octanol–water partition coefficient (Wildman–Crippen LogP) is 0.584. The molecule has 0 unspecified atom stereocenters. The minimum Gasteiger partial charge on any atom is -0.345 e. The number of amides is 1. The van der Waals surface area contributed by atoms with E-state index in [9.17, 15) is 4.79 Å². The van der Waals surface area contributed by atoms with Gasteiger partial charge in [-0.05, 0) is 19.4 Å². The first-order valence-electron chi connectivity index (χ1n) is 6.41. The number of hydrogen-bond donors (Lipinski definition) is 3. The van der Waals surface area contributed by atoms with Gasteiger partial charge in [-0.15, -0.1) is 5.10 Å². The van der Waals surface area contributed by atoms with Crippen LogP contribution < -0.4 is 10.6 Å². The smallest absolute Gasteiger partial charge is 0.291 e. The molecule has 1 aliphatic heterocycles. The first kappa shape index (κ1) is 13.0. The van der Waals surface area contributed by atoms with Gasteiger partial charge in [-0.1, -0.05) is 20.8 Å². The summed E-state index contributed by atoms with van der Waals surface area (Å²) >= 11 is 0. The Morgan fingerprint density at radius 2 is 2.22 bits per heavy atom. The summed E-state index contributed by atoms with van der Waals surface area (Å²) in [6.07, 6.45) is 2.10. The molecule has 1 atom stereocenters. The van der Waals surface area contributed by atoms with E-state index in [4.69, 9.17) is 0 Å². The lowest BCUT2D eigenvalue weighted by atomic mass is 9.96. The van der Waals surface area contributed by atoms with Crippen molar-refractivity contribution in [3.63, 3.8) is 0 Å². The van der Waals surface area contributed by atoms with E-state index in [1.807, 2.05) is 20.8 Å². The van der Waals surface area contributed by atoms with E-state index < -0.39 is 0 Å². The Kier molecular flexibility index (Phi) is 3.65. The predicted molar refractivity (Wildman–Crippen MR) is 68.4 cm³/mol. The van der Waals surface area contributed by atoms with Crippen LogP contribution in [0.15, 0.2) is 0 Å². The van der Waals surface area contributed by atoms with Gasteiger partial charge in [-0.3, -0.25) is 9.89 Å². The lowest BCUT2D eigenvalue weighted by Gasteiger charge is -2.23. The first-order valence-corrected chi connectivity index (χ1v) is 6.41. The van der Waals surface area contributed by atoms with Gasteiger partial charge in [0.25, 0.3) is 5.91 Å². The number of rotatable bonds is 2. The Morgan fingerprint density at radius 3 is 2.78 bits per heavy atom. The molecule has 1 saturated heterocycles. The Balaban J connectivity index is 1.98. The number of carbonyl (C=O) groups is 1. The molecular formula is C12H21N5O. The molecule has 2 heterocycles. The van der Waals surface area contributed by atoms with Gasteiger partial charge in [-0.2, -0.15) is 0 Å². The van der Waals surface area contributed by atoms with E-state index in [1.54, 1.807) is 0 Å². The van der Waals surface area contributed by atoms with Crippen molar-refractivity contribution in [1.82, 2.24) is 25.8 Å². The van der Waals surface area contributed by atoms with E-state index in [1.165, 1.54) is 0 Å². The number of carbonyl (C=O) groups excluding carboxylic acids is 1. The number of aromatic amines is 1. The van der Waals surface area contributed by atoms with Crippen molar-refractivity contribution in [2.75, 3.05) is 13.1 Å². The van der Waals surface area contributed by atoms with Crippen molar-refractivity contribution in [3.05, 3.63) is 11.6 Å². The minimum atomic E-state index is -0.199. The summed E-state index contributed by atoms with van der Waals surface area (Å²) in [4.78, 5) is 16.2. The minimum absolute atomic E-state index is 0.127. The van der Waals surface area contributed by atoms with Crippen LogP contribution in [0.1, 0.15) is 50.1 Å². The summed E-state index contributed by atoms with van der Waals surface area (Å²) in [5, 5.41) is 13.0. The zero-order valence-electron chi connectivity index (χ0n) is 11.2. The molecule has 1 aliphatic rings. The van der Waals surface area contributed by atoms with Gasteiger partial charge in [0.05, 0.1) is 0 Å². The number of H-pyrrole nitrogens is 1. The van der Waals surface area contributed by atoms with Crippen LogP contribution in [0.5, 0.6) is 0 Å². The van der Waals surface area contributed by atoms with Gasteiger partial charge < -0.3 is 10.6 Å². The Morgan fingerprint density at radius 1 is 1.44 bits per heavy atom. The maximum atomic E-state index is 12.0. The van der Waals surface area contributed by atoms with E-state index in [2.05, 4.69) is 25.8 Å². The quantitative estimate of drug-likeness (QED) is 0.718. The topological polar surface area (TPSA) is 82.7 Å². The molecule has 0 bridgehead atoms. The Bertz CT molecular complexity index is 414. The third kappa shape index (κ3) is 3.07. The van der Waals surface area contributed by atoms with Crippen molar-refractivity contribution >= 4 is 5.91 Å². The standard InChI is InChI=1S/C12H21N5O/c1-12(2,3)11-15-9(16-17-11)10(18)14-8-5-4-6-13-7-8/h8,13H,4-7H2,1-3H3,(H,14,18)(H,15,16,17)/t8-/m0/s1. The molecular weight excluding hydrogens is 230 g/mol. The van der Waals surface area contributed by atoms with E-state index in [0.717, 1.165) is 31.8 Å². The fourth-order valence-corrected chi connectivity index (χ4v) is 1.92. The second kappa shape index (κ2) is 5.06. The third-order valence-corrected chi connectivity index (χ3v) is 3.03. The molecule has 6 heteroatoms. The van der Waals surface area contributed by atoms with Crippen LogP contribution >= 0.6 is 0 Å². The lowest BCUT2D eigenvalue weighted by molar-refractivity contribution is 0.0920. The van der Waals surface area contributed by atoms with Gasteiger partial charge in [0, 0.05) is 18.0 Å². The number of nitrogens with one attached hydrogen (secondary N) is 3. The summed E-state index contributed by atoms with van der Waals surface area (Å²) < 4.78 is 0. The zero-order valence-corrected chi connectivity index (χ0v) is 11.2. The van der Waals surface area contributed by atoms with Gasteiger partial charge in [-0.25, -0.2) is 4.98 Å². The van der Waals surface area contributed by atoms with Gasteiger partial charge in [0.1, 0.15) is 5.82 Å². The van der Waals surface area contributed by atoms with Crippen LogP contribution in [-0.4, -0.2) is 40.2 Å². The largest absolute Gasteiger partial charge is 0.345 e. The highest BCUT2D eigenvalue weighted by atomic mass is 16.2. The summed E-state index contributed by atoms with van der Waals surface area (Å²) in [6.45, 7) is 7.93. The molecule has 0 aromatic carbocycles. The summed E-state index contributed by atoms with van der Waals surface area (Å²) in [7, 11) is 0. The van der Waals surface area contributed by atoms with Gasteiger partial charge in [0.2, 0.25) is 5.82 Å². The van der Waals surface area contributed by atoms with Crippen LogP contribution in [0.3, 0.4) is 0 Å². The average molecular weight is 251 g/mol. The highest BCUT2D eigenvalue weighted by Gasteiger charge is 2.23. The maximum Gasteiger partial charge on any atom is 0.291 e.